The van der Waals surface area contributed by atoms with Crippen LogP contribution >= 0.6 is 0 Å². The predicted octanol–water partition coefficient (Wildman–Crippen LogP) is 22.8. The maximum Gasteiger partial charge on any atom is 0.337 e. The highest BCUT2D eigenvalue weighted by Crippen LogP contribution is 2.37. The first-order chi connectivity index (χ1) is 67.4. The van der Waals surface area contributed by atoms with E-state index in [1.165, 1.54) is 91.9 Å². The van der Waals surface area contributed by atoms with Crippen molar-refractivity contribution < 1.29 is 91.0 Å². The van der Waals surface area contributed by atoms with Crippen molar-refractivity contribution in [2.75, 3.05) is 72.0 Å². The summed E-state index contributed by atoms with van der Waals surface area (Å²) in [6.07, 6.45) is 12.1. The maximum atomic E-state index is 13.2. The molecule has 0 aliphatic heterocycles. The molecule has 9 rings (SSSR count). The molecule has 0 spiro atoms. The number of amides is 9. The van der Waals surface area contributed by atoms with Crippen molar-refractivity contribution in [3.05, 3.63) is 257 Å². The molecule has 9 aromatic carbocycles. The number of benzene rings is 9. The van der Waals surface area contributed by atoms with Crippen LogP contribution in [-0.2, 0) is 33.6 Å². The van der Waals surface area contributed by atoms with Gasteiger partial charge in [-0.1, -0.05) is 167 Å². The van der Waals surface area contributed by atoms with E-state index in [0.717, 1.165) is 63.4 Å². The molecule has 32 heteroatoms. The number of carbonyl (C=O) groups is 10. The second-order valence-electron chi connectivity index (χ2n) is 37.5. The van der Waals surface area contributed by atoms with Crippen LogP contribution in [0, 0.1) is 61.7 Å². The van der Waals surface area contributed by atoms with Gasteiger partial charge in [-0.2, -0.15) is 0 Å². The molecule has 0 bridgehead atoms. The van der Waals surface area contributed by atoms with Crippen LogP contribution in [0.3, 0.4) is 0 Å². The van der Waals surface area contributed by atoms with Crippen LogP contribution in [0.5, 0.6) is 34.5 Å². The number of carbonyl (C=O) groups excluding carboxylic acids is 10. The van der Waals surface area contributed by atoms with Gasteiger partial charge in [-0.25, -0.2) is 4.79 Å². The minimum atomic E-state index is -0.616. The van der Waals surface area contributed by atoms with Gasteiger partial charge in [-0.15, -0.1) is 0 Å². The summed E-state index contributed by atoms with van der Waals surface area (Å²) in [7, 11) is 1.33. The molecular formula is C110H143N11O21. The Kier molecular flexibility index (Phi) is 48.7. The number of nitro benzene ring substituents is 2. The zero-order valence-corrected chi connectivity index (χ0v) is 85.2. The lowest BCUT2D eigenvalue weighted by Gasteiger charge is -2.17. The molecule has 32 nitrogen and oxygen atoms in total. The third-order valence-electron chi connectivity index (χ3n) is 21.5. The van der Waals surface area contributed by atoms with E-state index >= 15 is 0 Å². The zero-order chi connectivity index (χ0) is 105. The van der Waals surface area contributed by atoms with Gasteiger partial charge in [-0.05, 0) is 245 Å². The standard InChI is InChI=1S/C33H41N3O5.C30H43N3O5.C25H32N2O5.C22H27N3O6/c1-22(2)20-40-29-18-25(32(34)38)14-16-28(29)36-33(39)26-15-17-27(30(19-26)41-21-23(3)4)35-31(37)13-9-8-12-24-10-6-5-7-11-24;1-6-7-8-9-10-11-28(34)32-24-15-13-23(17-27(24)38-19-21(4)5)30(36)33-25-14-12-22(29(31)35)16-26(25)37-18-20(2)3;1-16(2)6-8-18-14-21(25(29)32-5)10-12-22(18)26-24(28)20-11-13-23(27(30)31)19(15-20)9-7-17(3)4;1-5-14(4)31-20-11-16(7-9-18(20)25(28)29)22(27)24-17-8-6-15(21(23)26)10-19(17)30-12-13(2)3/h5-7,10-11,14-19,22-23H,8-9,12-13,20-21H2,1-4H3,(H2,34,38)(H,35,37)(H,36,39);12-17,20-21H,6-11,18-19H2,1-5H3,(H2,31,35)(H,32,34)(H,33,36);10-17H,6-9H2,1-5H3,(H,26,28);6-11,13-14H,5,12H2,1-4H3,(H2,23,26)(H,24,27). The van der Waals surface area contributed by atoms with Crippen LogP contribution in [0.2, 0.25) is 0 Å². The summed E-state index contributed by atoms with van der Waals surface area (Å²) in [5, 5.41) is 39.9. The first-order valence-electron chi connectivity index (χ1n) is 48.5. The second-order valence-corrected chi connectivity index (χ2v) is 37.5. The minimum Gasteiger partial charge on any atom is -0.491 e. The van der Waals surface area contributed by atoms with Crippen molar-refractivity contribution in [1.82, 2.24) is 0 Å². The van der Waals surface area contributed by atoms with E-state index in [-0.39, 0.29) is 105 Å². The fourth-order valence-corrected chi connectivity index (χ4v) is 13.5. The second kappa shape index (κ2) is 59.7. The van der Waals surface area contributed by atoms with Crippen LogP contribution in [0.1, 0.15) is 294 Å². The van der Waals surface area contributed by atoms with Gasteiger partial charge in [0, 0.05) is 81.2 Å². The highest BCUT2D eigenvalue weighted by molar-refractivity contribution is 6.09. The minimum absolute atomic E-state index is 0.0207. The number of esters is 1. The number of hydrogen-bond donors (Lipinski definition) is 9. The van der Waals surface area contributed by atoms with Crippen molar-refractivity contribution in [2.45, 2.75) is 220 Å². The molecule has 142 heavy (non-hydrogen) atoms. The van der Waals surface area contributed by atoms with E-state index in [0.29, 0.717) is 168 Å². The Morgan fingerprint density at radius 2 is 0.634 bits per heavy atom. The average Bonchev–Trinajstić information content (AvgIpc) is 0.822. The Morgan fingerprint density at radius 1 is 0.324 bits per heavy atom. The number of ether oxygens (including phenoxy) is 7. The number of anilines is 6. The molecule has 764 valence electrons. The van der Waals surface area contributed by atoms with E-state index in [9.17, 15) is 68.2 Å². The Hall–Kier alpha value is -14.7. The molecule has 0 aromatic heterocycles. The summed E-state index contributed by atoms with van der Waals surface area (Å²) < 4.78 is 39.8. The largest absolute Gasteiger partial charge is 0.491 e. The molecule has 0 saturated carbocycles. The van der Waals surface area contributed by atoms with Crippen molar-refractivity contribution in [2.24, 2.45) is 58.6 Å². The molecule has 0 saturated heterocycles. The summed E-state index contributed by atoms with van der Waals surface area (Å²) in [4.78, 5) is 146. The quantitative estimate of drug-likeness (QED) is 0.00740. The third-order valence-corrected chi connectivity index (χ3v) is 21.5. The fraction of sp³-hybridized carbons (Fsp3) is 0.418. The number of nitrogens with two attached hydrogens (primary N) is 3. The molecular weight excluding hydrogens is 1810 g/mol. The topological polar surface area (TPSA) is 472 Å². The molecule has 9 aromatic rings. The number of methoxy groups -OCH3 is 1. The SMILES string of the molecule is CC(C)COc1cc(C(=O)Nc2ccc(C(N)=O)cc2OCC(C)C)ccc1NC(=O)CCCCc1ccccc1.CCC(C)Oc1cc(C(=O)Nc2ccc(C(N)=O)cc2OCC(C)C)ccc1[N+](=O)[O-].CCCCCCCC(=O)Nc1ccc(C(=O)Nc2ccc(C(N)=O)cc2OCC(C)C)cc1OCC(C)C.COC(=O)c1ccc(NC(=O)c2ccc([N+](=O)[O-])c(CCC(C)C)c2)c(CCC(C)C)c1. The smallest absolute Gasteiger partial charge is 0.337 e. The van der Waals surface area contributed by atoms with Crippen LogP contribution in [0.25, 0.3) is 0 Å². The monoisotopic (exact) mass is 1950 g/mol. The summed E-state index contributed by atoms with van der Waals surface area (Å²) in [5.41, 5.74) is 24.0. The number of hydrogen-bond acceptors (Lipinski definition) is 21. The van der Waals surface area contributed by atoms with Crippen molar-refractivity contribution in [3.8, 4) is 34.5 Å². The number of rotatable bonds is 51. The van der Waals surface area contributed by atoms with Gasteiger partial charge in [-0.3, -0.25) is 63.4 Å². The van der Waals surface area contributed by atoms with Gasteiger partial charge in [0.1, 0.15) is 28.7 Å². The lowest BCUT2D eigenvalue weighted by atomic mass is 9.98. The molecule has 0 aliphatic carbocycles. The van der Waals surface area contributed by atoms with E-state index in [2.05, 4.69) is 78.7 Å². The van der Waals surface area contributed by atoms with E-state index in [4.69, 9.17) is 50.4 Å². The molecule has 0 fully saturated rings. The predicted molar refractivity (Wildman–Crippen MR) is 557 cm³/mol. The van der Waals surface area contributed by atoms with Crippen LogP contribution in [0.15, 0.2) is 176 Å². The Labute approximate surface area is 833 Å². The highest BCUT2D eigenvalue weighted by atomic mass is 16.6. The van der Waals surface area contributed by atoms with E-state index in [1.54, 1.807) is 79.7 Å². The lowest BCUT2D eigenvalue weighted by Crippen LogP contribution is -2.17. The number of nitrogens with one attached hydrogen (secondary N) is 6. The summed E-state index contributed by atoms with van der Waals surface area (Å²) in [5.74, 6) is -0.0530. The van der Waals surface area contributed by atoms with Crippen molar-refractivity contribution in [1.29, 1.82) is 0 Å². The van der Waals surface area contributed by atoms with E-state index < -0.39 is 39.4 Å². The normalized spacial score (nSPS) is 11.1. The summed E-state index contributed by atoms with van der Waals surface area (Å²) >= 11 is 0. The number of nitrogens with zero attached hydrogens (tertiary/aromatic N) is 2. The molecule has 12 N–H and O–H groups in total. The third kappa shape index (κ3) is 40.6. The van der Waals surface area contributed by atoms with Crippen LogP contribution in [0.4, 0.5) is 45.5 Å². The lowest BCUT2D eigenvalue weighted by molar-refractivity contribution is -0.386. The molecule has 1 unspecified atom stereocenters. The van der Waals surface area contributed by atoms with Gasteiger partial charge >= 0.3 is 11.7 Å². The Morgan fingerprint density at radius 3 is 0.993 bits per heavy atom. The maximum absolute atomic E-state index is 13.2. The Balaban J connectivity index is 0.000000292. The van der Waals surface area contributed by atoms with Gasteiger partial charge in [0.15, 0.2) is 5.75 Å². The average molecular weight is 1960 g/mol. The van der Waals surface area contributed by atoms with Gasteiger partial charge in [0.25, 0.3) is 29.3 Å². The molecule has 0 radical (unpaired) electrons. The number of aryl methyl sites for hydroxylation is 3. The first kappa shape index (κ1) is 116. The van der Waals surface area contributed by atoms with Crippen LogP contribution < -0.4 is 77.5 Å². The van der Waals surface area contributed by atoms with Crippen molar-refractivity contribution >= 4 is 105 Å². The fourth-order valence-electron chi connectivity index (χ4n) is 13.5. The highest BCUT2D eigenvalue weighted by Gasteiger charge is 2.26. The van der Waals surface area contributed by atoms with Crippen molar-refractivity contribution in [3.63, 3.8) is 0 Å². The van der Waals surface area contributed by atoms with Crippen LogP contribution in [-0.4, -0.2) is 115 Å². The zero-order valence-electron chi connectivity index (χ0n) is 85.2. The Bertz CT molecular complexity index is 5740. The molecule has 1 atom stereocenters. The number of primary amides is 3. The molecule has 0 aliphatic rings. The molecule has 9 amide bonds. The van der Waals surface area contributed by atoms with Gasteiger partial charge in [0.05, 0.1) is 90.1 Å². The number of unbranched alkanes of at least 4 members (excludes halogenated alkanes) is 5. The molecule has 0 heterocycles. The summed E-state index contributed by atoms with van der Waals surface area (Å²) in [6, 6.07) is 47.3. The number of nitro groups is 2. The summed E-state index contributed by atoms with van der Waals surface area (Å²) in [6.45, 7) is 36.2. The first-order valence-corrected chi connectivity index (χ1v) is 48.5. The van der Waals surface area contributed by atoms with Gasteiger partial charge in [0.2, 0.25) is 29.5 Å². The van der Waals surface area contributed by atoms with E-state index in [1.807, 2.05) is 94.4 Å². The van der Waals surface area contributed by atoms with Gasteiger partial charge < -0.3 is 82.3 Å².